The molecule has 19 heavy (non-hydrogen) atoms. The first-order valence-corrected chi connectivity index (χ1v) is 6.31. The van der Waals surface area contributed by atoms with Crippen molar-refractivity contribution in [3.8, 4) is 11.1 Å². The Hall–Kier alpha value is -2.06. The van der Waals surface area contributed by atoms with Gasteiger partial charge in [-0.2, -0.15) is 0 Å². The van der Waals surface area contributed by atoms with Crippen molar-refractivity contribution >= 4 is 22.6 Å². The molecule has 0 unspecified atom stereocenters. The van der Waals surface area contributed by atoms with Crippen LogP contribution in [-0.2, 0) is 0 Å². The van der Waals surface area contributed by atoms with Crippen molar-refractivity contribution < 1.29 is 4.42 Å². The molecule has 3 heteroatoms. The van der Waals surface area contributed by atoms with Crippen molar-refractivity contribution in [1.82, 2.24) is 0 Å². The zero-order valence-electron chi connectivity index (χ0n) is 10.3. The highest BCUT2D eigenvalue weighted by molar-refractivity contribution is 6.30. The quantitative estimate of drug-likeness (QED) is 0.655. The summed E-state index contributed by atoms with van der Waals surface area (Å²) >= 11 is 5.85. The highest BCUT2D eigenvalue weighted by Crippen LogP contribution is 2.22. The molecule has 0 fully saturated rings. The molecule has 0 spiro atoms. The average Bonchev–Trinajstić information content (AvgIpc) is 2.40. The molecule has 2 aromatic carbocycles. The fourth-order valence-electron chi connectivity index (χ4n) is 2.06. The zero-order valence-corrected chi connectivity index (χ0v) is 11.1. The first kappa shape index (κ1) is 12.0. The Balaban J connectivity index is 2.26. The van der Waals surface area contributed by atoms with Crippen LogP contribution >= 0.6 is 11.6 Å². The van der Waals surface area contributed by atoms with E-state index in [2.05, 4.69) is 0 Å². The first-order chi connectivity index (χ1) is 9.15. The van der Waals surface area contributed by atoms with Crippen LogP contribution in [0.5, 0.6) is 0 Å². The van der Waals surface area contributed by atoms with Gasteiger partial charge in [-0.25, -0.2) is 0 Å². The van der Waals surface area contributed by atoms with Crippen LogP contribution in [0.2, 0.25) is 5.02 Å². The molecule has 0 atom stereocenters. The summed E-state index contributed by atoms with van der Waals surface area (Å²) in [5.41, 5.74) is 3.01. The molecular formula is C16H11ClO2. The van der Waals surface area contributed by atoms with Gasteiger partial charge in [-0.1, -0.05) is 29.8 Å². The van der Waals surface area contributed by atoms with Gasteiger partial charge in [0.05, 0.1) is 10.9 Å². The standard InChI is InChI=1S/C16H11ClO2/c1-10-2-7-13-15(8-10)19-9-14(16(13)18)11-3-5-12(17)6-4-11/h2-9H,1H3. The zero-order chi connectivity index (χ0) is 13.4. The molecule has 1 heterocycles. The van der Waals surface area contributed by atoms with Crippen molar-refractivity contribution in [2.24, 2.45) is 0 Å². The maximum Gasteiger partial charge on any atom is 0.200 e. The number of hydrogen-bond acceptors (Lipinski definition) is 2. The minimum absolute atomic E-state index is 0.0245. The number of aryl methyl sites for hydroxylation is 1. The lowest BCUT2D eigenvalue weighted by Gasteiger charge is -2.03. The number of halogens is 1. The highest BCUT2D eigenvalue weighted by Gasteiger charge is 2.08. The summed E-state index contributed by atoms with van der Waals surface area (Å²) in [6, 6.07) is 12.7. The summed E-state index contributed by atoms with van der Waals surface area (Å²) in [5, 5.41) is 1.24. The molecule has 0 radical (unpaired) electrons. The van der Waals surface area contributed by atoms with Crippen molar-refractivity contribution in [3.63, 3.8) is 0 Å². The van der Waals surface area contributed by atoms with Crippen molar-refractivity contribution in [3.05, 3.63) is 69.5 Å². The number of hydrogen-bond donors (Lipinski definition) is 0. The molecule has 0 aliphatic heterocycles. The summed E-state index contributed by atoms with van der Waals surface area (Å²) in [4.78, 5) is 12.4. The van der Waals surface area contributed by atoms with Crippen LogP contribution in [0.15, 0.2) is 57.9 Å². The van der Waals surface area contributed by atoms with Gasteiger partial charge in [0.2, 0.25) is 0 Å². The van der Waals surface area contributed by atoms with Crippen LogP contribution in [0.1, 0.15) is 5.56 Å². The third kappa shape index (κ3) is 2.15. The van der Waals surface area contributed by atoms with Crippen LogP contribution in [-0.4, -0.2) is 0 Å². The summed E-state index contributed by atoms with van der Waals surface area (Å²) < 4.78 is 5.56. The molecule has 94 valence electrons. The number of fused-ring (bicyclic) bond motifs is 1. The van der Waals surface area contributed by atoms with Gasteiger partial charge in [0.25, 0.3) is 0 Å². The van der Waals surface area contributed by atoms with E-state index in [1.807, 2.05) is 31.2 Å². The van der Waals surface area contributed by atoms with E-state index in [4.69, 9.17) is 16.0 Å². The lowest BCUT2D eigenvalue weighted by atomic mass is 10.1. The molecule has 1 aromatic heterocycles. The molecule has 0 bridgehead atoms. The van der Waals surface area contributed by atoms with Gasteiger partial charge in [0, 0.05) is 5.02 Å². The molecule has 0 aliphatic rings. The first-order valence-electron chi connectivity index (χ1n) is 5.93. The normalized spacial score (nSPS) is 10.8. The van der Waals surface area contributed by atoms with Crippen LogP contribution in [0, 0.1) is 6.92 Å². The van der Waals surface area contributed by atoms with Gasteiger partial charge in [-0.3, -0.25) is 4.79 Å². The van der Waals surface area contributed by atoms with Gasteiger partial charge >= 0.3 is 0 Å². The molecule has 0 N–H and O–H groups in total. The highest BCUT2D eigenvalue weighted by atomic mass is 35.5. The minimum atomic E-state index is -0.0245. The van der Waals surface area contributed by atoms with Gasteiger partial charge in [-0.15, -0.1) is 0 Å². The van der Waals surface area contributed by atoms with Gasteiger partial charge in [0.1, 0.15) is 11.8 Å². The van der Waals surface area contributed by atoms with E-state index in [0.717, 1.165) is 11.1 Å². The lowest BCUT2D eigenvalue weighted by molar-refractivity contribution is 0.604. The maximum atomic E-state index is 12.4. The van der Waals surface area contributed by atoms with Gasteiger partial charge < -0.3 is 4.42 Å². The molecule has 2 nitrogen and oxygen atoms in total. The maximum absolute atomic E-state index is 12.4. The molecule has 0 amide bonds. The average molecular weight is 271 g/mol. The molecule has 3 rings (SSSR count). The summed E-state index contributed by atoms with van der Waals surface area (Å²) in [6.45, 7) is 1.96. The Morgan fingerprint density at radius 2 is 1.79 bits per heavy atom. The predicted octanol–water partition coefficient (Wildman–Crippen LogP) is 4.42. The minimum Gasteiger partial charge on any atom is -0.463 e. The largest absolute Gasteiger partial charge is 0.463 e. The SMILES string of the molecule is Cc1ccc2c(=O)c(-c3ccc(Cl)cc3)coc2c1. The smallest absolute Gasteiger partial charge is 0.200 e. The van der Waals surface area contributed by atoms with Crippen LogP contribution < -0.4 is 5.43 Å². The number of benzene rings is 2. The second-order valence-corrected chi connectivity index (χ2v) is 4.92. The Morgan fingerprint density at radius 1 is 1.05 bits per heavy atom. The third-order valence-electron chi connectivity index (χ3n) is 3.09. The Labute approximate surface area is 115 Å². The molecular weight excluding hydrogens is 260 g/mol. The molecule has 0 saturated carbocycles. The topological polar surface area (TPSA) is 30.2 Å². The second-order valence-electron chi connectivity index (χ2n) is 4.49. The summed E-state index contributed by atoms with van der Waals surface area (Å²) in [5.74, 6) is 0. The van der Waals surface area contributed by atoms with E-state index in [-0.39, 0.29) is 5.43 Å². The molecule has 3 aromatic rings. The Kier molecular flexibility index (Phi) is 2.88. The Morgan fingerprint density at radius 3 is 2.53 bits per heavy atom. The second kappa shape index (κ2) is 4.56. The van der Waals surface area contributed by atoms with E-state index in [1.54, 1.807) is 18.2 Å². The number of rotatable bonds is 1. The van der Waals surface area contributed by atoms with Crippen molar-refractivity contribution in [2.45, 2.75) is 6.92 Å². The summed E-state index contributed by atoms with van der Waals surface area (Å²) in [6.07, 6.45) is 1.51. The van der Waals surface area contributed by atoms with E-state index in [0.29, 0.717) is 21.6 Å². The van der Waals surface area contributed by atoms with Crippen LogP contribution in [0.4, 0.5) is 0 Å². The fraction of sp³-hybridized carbons (Fsp3) is 0.0625. The van der Waals surface area contributed by atoms with E-state index >= 15 is 0 Å². The van der Waals surface area contributed by atoms with Gasteiger partial charge in [0.15, 0.2) is 5.43 Å². The van der Waals surface area contributed by atoms with Gasteiger partial charge in [-0.05, 0) is 42.3 Å². The Bertz CT molecular complexity index is 801. The predicted molar refractivity (Wildman–Crippen MR) is 77.7 cm³/mol. The monoisotopic (exact) mass is 270 g/mol. The lowest BCUT2D eigenvalue weighted by Crippen LogP contribution is -2.04. The third-order valence-corrected chi connectivity index (χ3v) is 3.34. The summed E-state index contributed by atoms with van der Waals surface area (Å²) in [7, 11) is 0. The molecule has 0 saturated heterocycles. The van der Waals surface area contributed by atoms with Crippen LogP contribution in [0.25, 0.3) is 22.1 Å². The van der Waals surface area contributed by atoms with Crippen molar-refractivity contribution in [1.29, 1.82) is 0 Å². The fourth-order valence-corrected chi connectivity index (χ4v) is 2.19. The van der Waals surface area contributed by atoms with Crippen LogP contribution in [0.3, 0.4) is 0 Å². The van der Waals surface area contributed by atoms with E-state index in [9.17, 15) is 4.79 Å². The van der Waals surface area contributed by atoms with E-state index < -0.39 is 0 Å². The van der Waals surface area contributed by atoms with Crippen molar-refractivity contribution in [2.75, 3.05) is 0 Å². The molecule has 0 aliphatic carbocycles. The van der Waals surface area contributed by atoms with E-state index in [1.165, 1.54) is 6.26 Å².